The van der Waals surface area contributed by atoms with E-state index in [0.717, 1.165) is 18.4 Å². The van der Waals surface area contributed by atoms with E-state index in [4.69, 9.17) is 23.9 Å². The highest BCUT2D eigenvalue weighted by Gasteiger charge is 2.24. The molecule has 0 bridgehead atoms. The minimum Gasteiger partial charge on any atom is -0.493 e. The Labute approximate surface area is 229 Å². The van der Waals surface area contributed by atoms with Crippen LogP contribution in [0.2, 0.25) is 0 Å². The Kier molecular flexibility index (Phi) is 7.65. The fourth-order valence-electron chi connectivity index (χ4n) is 4.86. The molecule has 1 saturated heterocycles. The summed E-state index contributed by atoms with van der Waals surface area (Å²) in [6.07, 6.45) is 3.06. The minimum atomic E-state index is -0.710. The van der Waals surface area contributed by atoms with Gasteiger partial charge in [-0.3, -0.25) is 14.0 Å². The van der Waals surface area contributed by atoms with Crippen molar-refractivity contribution in [2.24, 2.45) is 4.99 Å². The molecule has 0 unspecified atom stereocenters. The molecule has 0 N–H and O–H groups in total. The molecule has 4 heterocycles. The standard InChI is InChI=1S/C29H30N4O7/c1-5-39-29(36)21-15-20-25(30-24-17(2)8-6-12-32(24)28(20)35)33(16-19-9-7-13-40-19)26(21)31-27(34)18-10-11-22(37-3)23(14-18)38-4/h6,8,10-12,14-15,19H,5,7,9,13,16H2,1-4H3/t19-/m1/s1. The van der Waals surface area contributed by atoms with Gasteiger partial charge in [0, 0.05) is 18.4 Å². The summed E-state index contributed by atoms with van der Waals surface area (Å²) in [6, 6.07) is 9.70. The predicted octanol–water partition coefficient (Wildman–Crippen LogP) is 3.07. The number of esters is 1. The van der Waals surface area contributed by atoms with Crippen LogP contribution in [-0.2, 0) is 16.0 Å². The van der Waals surface area contributed by atoms with E-state index in [1.165, 1.54) is 30.8 Å². The Morgan fingerprint density at radius 1 is 1.12 bits per heavy atom. The lowest BCUT2D eigenvalue weighted by Crippen LogP contribution is -2.35. The molecule has 11 nitrogen and oxygen atoms in total. The summed E-state index contributed by atoms with van der Waals surface area (Å²) >= 11 is 0. The number of pyridine rings is 2. The number of aromatic nitrogens is 3. The number of hydrogen-bond donors (Lipinski definition) is 0. The van der Waals surface area contributed by atoms with Crippen molar-refractivity contribution in [1.82, 2.24) is 14.0 Å². The molecule has 1 atom stereocenters. The van der Waals surface area contributed by atoms with Gasteiger partial charge in [-0.15, -0.1) is 0 Å². The first kappa shape index (κ1) is 27.1. The van der Waals surface area contributed by atoms with Gasteiger partial charge in [-0.05, 0) is 62.6 Å². The fourth-order valence-corrected chi connectivity index (χ4v) is 4.86. The van der Waals surface area contributed by atoms with Gasteiger partial charge in [0.25, 0.3) is 11.5 Å². The molecule has 4 aromatic rings. The molecule has 3 aromatic heterocycles. The summed E-state index contributed by atoms with van der Waals surface area (Å²) in [5, 5.41) is 0.196. The number of carbonyl (C=O) groups is 2. The Morgan fingerprint density at radius 3 is 2.62 bits per heavy atom. The van der Waals surface area contributed by atoms with Crippen molar-refractivity contribution >= 4 is 28.6 Å². The molecule has 0 saturated carbocycles. The predicted molar refractivity (Wildman–Crippen MR) is 146 cm³/mol. The maximum Gasteiger partial charge on any atom is 0.341 e. The van der Waals surface area contributed by atoms with Crippen LogP contribution in [0.5, 0.6) is 11.5 Å². The first-order valence-electron chi connectivity index (χ1n) is 13.0. The van der Waals surface area contributed by atoms with Crippen LogP contribution >= 0.6 is 0 Å². The van der Waals surface area contributed by atoms with Crippen LogP contribution in [-0.4, -0.2) is 59.4 Å². The lowest BCUT2D eigenvalue weighted by atomic mass is 10.1. The Bertz CT molecular complexity index is 1750. The van der Waals surface area contributed by atoms with Crippen molar-refractivity contribution in [3.63, 3.8) is 0 Å². The molecule has 5 rings (SSSR count). The third kappa shape index (κ3) is 4.95. The molecule has 1 aromatic carbocycles. The maximum atomic E-state index is 13.7. The highest BCUT2D eigenvalue weighted by Crippen LogP contribution is 2.28. The average Bonchev–Trinajstić information content (AvgIpc) is 3.48. The Morgan fingerprint density at radius 2 is 1.93 bits per heavy atom. The molecular weight excluding hydrogens is 516 g/mol. The van der Waals surface area contributed by atoms with Gasteiger partial charge in [-0.25, -0.2) is 9.78 Å². The zero-order valence-corrected chi connectivity index (χ0v) is 22.8. The second-order valence-electron chi connectivity index (χ2n) is 9.37. The van der Waals surface area contributed by atoms with Gasteiger partial charge in [0.05, 0.1) is 38.9 Å². The van der Waals surface area contributed by atoms with Crippen molar-refractivity contribution in [3.8, 4) is 11.5 Å². The highest BCUT2D eigenvalue weighted by atomic mass is 16.5. The number of hydrogen-bond acceptors (Lipinski definition) is 8. The molecule has 0 radical (unpaired) electrons. The van der Waals surface area contributed by atoms with E-state index < -0.39 is 11.9 Å². The third-order valence-corrected chi connectivity index (χ3v) is 6.85. The lowest BCUT2D eigenvalue weighted by molar-refractivity contribution is 0.0521. The molecule has 1 aliphatic rings. The number of nitrogens with zero attached hydrogens (tertiary/aromatic N) is 4. The summed E-state index contributed by atoms with van der Waals surface area (Å²) < 4.78 is 24.9. The van der Waals surface area contributed by atoms with Crippen molar-refractivity contribution in [3.05, 3.63) is 75.1 Å². The Balaban J connectivity index is 1.84. The van der Waals surface area contributed by atoms with Gasteiger partial charge in [0.1, 0.15) is 16.9 Å². The van der Waals surface area contributed by atoms with Gasteiger partial charge in [0.2, 0.25) is 0 Å². The van der Waals surface area contributed by atoms with Crippen LogP contribution < -0.4 is 20.5 Å². The normalized spacial score (nSPS) is 15.5. The third-order valence-electron chi connectivity index (χ3n) is 6.85. The molecule has 0 spiro atoms. The van der Waals surface area contributed by atoms with E-state index >= 15 is 0 Å². The lowest BCUT2D eigenvalue weighted by Gasteiger charge is -2.18. The molecule has 208 valence electrons. The number of fused-ring (bicyclic) bond motifs is 2. The molecule has 11 heteroatoms. The van der Waals surface area contributed by atoms with Gasteiger partial charge < -0.3 is 23.5 Å². The molecular formula is C29H30N4O7. The molecule has 0 aliphatic carbocycles. The van der Waals surface area contributed by atoms with E-state index in [-0.39, 0.29) is 46.8 Å². The van der Waals surface area contributed by atoms with E-state index in [9.17, 15) is 14.4 Å². The van der Waals surface area contributed by atoms with E-state index in [2.05, 4.69) is 4.99 Å². The number of ether oxygens (including phenoxy) is 4. The van der Waals surface area contributed by atoms with Crippen LogP contribution in [0.1, 0.15) is 46.0 Å². The summed E-state index contributed by atoms with van der Waals surface area (Å²) in [5.41, 5.74) is 1.42. The molecule has 1 fully saturated rings. The first-order valence-corrected chi connectivity index (χ1v) is 13.0. The van der Waals surface area contributed by atoms with Gasteiger partial charge in [-0.2, -0.15) is 4.99 Å². The SMILES string of the molecule is CCOC(=O)c1cc2c(=O)n3cccc(C)c3nc2n(C[C@H]2CCCO2)c1=NC(=O)c1ccc(OC)c(OC)c1. The van der Waals surface area contributed by atoms with E-state index in [0.29, 0.717) is 29.4 Å². The number of rotatable bonds is 7. The topological polar surface area (TPSA) is 123 Å². The molecule has 1 amide bonds. The number of aryl methyl sites for hydroxylation is 1. The van der Waals surface area contributed by atoms with Crippen molar-refractivity contribution in [1.29, 1.82) is 0 Å². The van der Waals surface area contributed by atoms with E-state index in [1.807, 2.05) is 13.0 Å². The second-order valence-corrected chi connectivity index (χ2v) is 9.37. The summed E-state index contributed by atoms with van der Waals surface area (Å²) in [5.74, 6) is -0.521. The van der Waals surface area contributed by atoms with Crippen molar-refractivity contribution in [2.45, 2.75) is 39.3 Å². The van der Waals surface area contributed by atoms with Crippen molar-refractivity contribution in [2.75, 3.05) is 27.4 Å². The largest absolute Gasteiger partial charge is 0.493 e. The number of carbonyl (C=O) groups excluding carboxylic acids is 2. The molecule has 40 heavy (non-hydrogen) atoms. The van der Waals surface area contributed by atoms with Gasteiger partial charge in [0.15, 0.2) is 17.0 Å². The molecule has 1 aliphatic heterocycles. The first-order chi connectivity index (χ1) is 19.4. The summed E-state index contributed by atoms with van der Waals surface area (Å²) in [4.78, 5) is 49.6. The smallest absolute Gasteiger partial charge is 0.341 e. The minimum absolute atomic E-state index is 0.0207. The van der Waals surface area contributed by atoms with Crippen LogP contribution in [0.3, 0.4) is 0 Å². The zero-order valence-electron chi connectivity index (χ0n) is 22.8. The van der Waals surface area contributed by atoms with Crippen LogP contribution in [0.25, 0.3) is 16.7 Å². The van der Waals surface area contributed by atoms with Gasteiger partial charge >= 0.3 is 5.97 Å². The summed E-state index contributed by atoms with van der Waals surface area (Å²) in [6.45, 7) is 4.46. The average molecular weight is 547 g/mol. The van der Waals surface area contributed by atoms with Gasteiger partial charge in [-0.1, -0.05) is 6.07 Å². The van der Waals surface area contributed by atoms with Crippen LogP contribution in [0.4, 0.5) is 0 Å². The number of amides is 1. The highest BCUT2D eigenvalue weighted by molar-refractivity contribution is 5.97. The quantitative estimate of drug-likeness (QED) is 0.256. The van der Waals surface area contributed by atoms with Crippen LogP contribution in [0, 0.1) is 6.92 Å². The Hall–Kier alpha value is -4.51. The van der Waals surface area contributed by atoms with Crippen molar-refractivity contribution < 1.29 is 28.5 Å². The second kappa shape index (κ2) is 11.3. The fraction of sp³-hybridized carbons (Fsp3) is 0.345. The monoisotopic (exact) mass is 546 g/mol. The number of methoxy groups -OCH3 is 2. The number of benzene rings is 1. The zero-order chi connectivity index (χ0) is 28.4. The van der Waals surface area contributed by atoms with Crippen LogP contribution in [0.15, 0.2) is 52.4 Å². The van der Waals surface area contributed by atoms with E-state index in [1.54, 1.807) is 35.9 Å². The maximum absolute atomic E-state index is 13.7. The summed E-state index contributed by atoms with van der Waals surface area (Å²) in [7, 11) is 2.97.